The minimum atomic E-state index is -0.176. The third kappa shape index (κ3) is 7.79. The highest BCUT2D eigenvalue weighted by atomic mass is 16.7. The smallest absolute Gasteiger partial charge is 0.180 e. The third-order valence-corrected chi connectivity index (χ3v) is 5.60. The maximum atomic E-state index is 5.48. The summed E-state index contributed by atoms with van der Waals surface area (Å²) in [5, 5.41) is 0. The summed E-state index contributed by atoms with van der Waals surface area (Å²) in [6.07, 6.45) is 22.9. The van der Waals surface area contributed by atoms with Crippen LogP contribution in [0.5, 0.6) is 0 Å². The van der Waals surface area contributed by atoms with Gasteiger partial charge in [-0.3, -0.25) is 0 Å². The zero-order valence-corrected chi connectivity index (χ0v) is 19.1. The molecule has 0 bridgehead atoms. The minimum absolute atomic E-state index is 0.176. The van der Waals surface area contributed by atoms with Gasteiger partial charge in [-0.1, -0.05) is 85.3 Å². The fourth-order valence-electron chi connectivity index (χ4n) is 3.80. The van der Waals surface area contributed by atoms with E-state index in [2.05, 4.69) is 77.2 Å². The van der Waals surface area contributed by atoms with E-state index >= 15 is 0 Å². The second-order valence-electron chi connectivity index (χ2n) is 8.81. The van der Waals surface area contributed by atoms with Crippen molar-refractivity contribution in [3.63, 3.8) is 0 Å². The van der Waals surface area contributed by atoms with Crippen LogP contribution in [-0.4, -0.2) is 19.5 Å². The van der Waals surface area contributed by atoms with Gasteiger partial charge in [-0.2, -0.15) is 0 Å². The lowest BCUT2D eigenvalue weighted by atomic mass is 9.72. The highest BCUT2D eigenvalue weighted by molar-refractivity contribution is 5.37. The first kappa shape index (κ1) is 23.4. The molecule has 2 rings (SSSR count). The maximum Gasteiger partial charge on any atom is 0.180 e. The Hall–Kier alpha value is -1.90. The highest BCUT2D eigenvalue weighted by Crippen LogP contribution is 2.40. The lowest BCUT2D eigenvalue weighted by molar-refractivity contribution is -0.0109. The Morgan fingerprint density at radius 2 is 1.52 bits per heavy atom. The molecule has 0 saturated carbocycles. The van der Waals surface area contributed by atoms with Crippen molar-refractivity contribution >= 4 is 0 Å². The van der Waals surface area contributed by atoms with Crippen molar-refractivity contribution in [3.05, 3.63) is 82.5 Å². The summed E-state index contributed by atoms with van der Waals surface area (Å²) in [5.41, 5.74) is 6.92. The van der Waals surface area contributed by atoms with Gasteiger partial charge < -0.3 is 9.47 Å². The molecule has 1 aliphatic heterocycles. The van der Waals surface area contributed by atoms with Crippen LogP contribution in [0.15, 0.2) is 82.5 Å². The maximum absolute atomic E-state index is 5.48. The molecule has 1 aliphatic carbocycles. The molecule has 0 unspecified atom stereocenters. The van der Waals surface area contributed by atoms with Crippen LogP contribution in [-0.2, 0) is 9.47 Å². The standard InChI is InChI=1S/C27H38O2/c1-21(11-7-8-14-24(4)26-28-19-20-29-26)12-9-13-22(2)16-17-25-23(3)15-10-18-27(25,5)6/h7-9,11-14,16-17,26H,10,15,18-20H2,1-6H3/b8-7+,12-9+,17-16+,21-11+,22-13+,24-14+. The first-order valence-corrected chi connectivity index (χ1v) is 10.8. The summed E-state index contributed by atoms with van der Waals surface area (Å²) in [6.45, 7) is 14.7. The van der Waals surface area contributed by atoms with Gasteiger partial charge >= 0.3 is 0 Å². The third-order valence-electron chi connectivity index (χ3n) is 5.60. The van der Waals surface area contributed by atoms with Gasteiger partial charge in [0, 0.05) is 0 Å². The van der Waals surface area contributed by atoms with Crippen LogP contribution in [0.3, 0.4) is 0 Å². The molecule has 0 N–H and O–H groups in total. The fourth-order valence-corrected chi connectivity index (χ4v) is 3.80. The molecule has 158 valence electrons. The summed E-state index contributed by atoms with van der Waals surface area (Å²) in [6, 6.07) is 0. The molecule has 29 heavy (non-hydrogen) atoms. The molecule has 0 aromatic heterocycles. The quantitative estimate of drug-likeness (QED) is 0.419. The Morgan fingerprint density at radius 1 is 0.897 bits per heavy atom. The summed E-state index contributed by atoms with van der Waals surface area (Å²) in [4.78, 5) is 0. The summed E-state index contributed by atoms with van der Waals surface area (Å²) < 4.78 is 11.0. The second kappa shape index (κ2) is 11.3. The van der Waals surface area contributed by atoms with Crippen molar-refractivity contribution in [2.24, 2.45) is 5.41 Å². The fraction of sp³-hybridized carbons (Fsp3) is 0.481. The van der Waals surface area contributed by atoms with Gasteiger partial charge in [0.05, 0.1) is 13.2 Å². The average Bonchev–Trinajstić information content (AvgIpc) is 3.19. The molecule has 0 spiro atoms. The Morgan fingerprint density at radius 3 is 2.21 bits per heavy atom. The van der Waals surface area contributed by atoms with Gasteiger partial charge in [-0.05, 0) is 63.5 Å². The molecule has 0 amide bonds. The van der Waals surface area contributed by atoms with Crippen molar-refractivity contribution < 1.29 is 9.47 Å². The van der Waals surface area contributed by atoms with Crippen LogP contribution in [0.25, 0.3) is 0 Å². The Kier molecular flexibility index (Phi) is 9.13. The average molecular weight is 395 g/mol. The molecule has 1 fully saturated rings. The zero-order chi connectivity index (χ0) is 21.3. The molecule has 2 nitrogen and oxygen atoms in total. The van der Waals surface area contributed by atoms with Gasteiger partial charge in [0.15, 0.2) is 6.29 Å². The van der Waals surface area contributed by atoms with Crippen LogP contribution in [0.2, 0.25) is 0 Å². The van der Waals surface area contributed by atoms with Crippen LogP contribution in [0.1, 0.15) is 60.8 Å². The molecular formula is C27H38O2. The predicted octanol–water partition coefficient (Wildman–Crippen LogP) is 7.39. The Balaban J connectivity index is 1.89. The van der Waals surface area contributed by atoms with Crippen molar-refractivity contribution in [1.82, 2.24) is 0 Å². The number of ether oxygens (including phenoxy) is 2. The SMILES string of the molecule is CC1=C(/C=C/C(C)=C/C=C/C(C)=C/C=C/C=C(\C)C2OCCO2)C(C)(C)CCC1. The van der Waals surface area contributed by atoms with Crippen LogP contribution in [0, 0.1) is 5.41 Å². The number of hydrogen-bond donors (Lipinski definition) is 0. The van der Waals surface area contributed by atoms with Crippen molar-refractivity contribution in [1.29, 1.82) is 0 Å². The Labute approximate surface area is 178 Å². The molecule has 1 heterocycles. The lowest BCUT2D eigenvalue weighted by Gasteiger charge is -2.32. The monoisotopic (exact) mass is 394 g/mol. The topological polar surface area (TPSA) is 18.5 Å². The minimum Gasteiger partial charge on any atom is -0.346 e. The number of hydrogen-bond acceptors (Lipinski definition) is 2. The van der Waals surface area contributed by atoms with Crippen LogP contribution >= 0.6 is 0 Å². The van der Waals surface area contributed by atoms with E-state index in [1.807, 2.05) is 19.1 Å². The zero-order valence-electron chi connectivity index (χ0n) is 19.1. The van der Waals surface area contributed by atoms with Crippen molar-refractivity contribution in [2.75, 3.05) is 13.2 Å². The van der Waals surface area contributed by atoms with Gasteiger partial charge in [0.1, 0.15) is 0 Å². The largest absolute Gasteiger partial charge is 0.346 e. The van der Waals surface area contributed by atoms with Gasteiger partial charge in [-0.25, -0.2) is 0 Å². The van der Waals surface area contributed by atoms with Gasteiger partial charge in [-0.15, -0.1) is 0 Å². The molecule has 0 aromatic rings. The predicted molar refractivity (Wildman–Crippen MR) is 125 cm³/mol. The molecular weight excluding hydrogens is 356 g/mol. The summed E-state index contributed by atoms with van der Waals surface area (Å²) >= 11 is 0. The van der Waals surface area contributed by atoms with Crippen LogP contribution < -0.4 is 0 Å². The second-order valence-corrected chi connectivity index (χ2v) is 8.81. The number of allylic oxidation sites excluding steroid dienone is 13. The summed E-state index contributed by atoms with van der Waals surface area (Å²) in [7, 11) is 0. The van der Waals surface area contributed by atoms with Gasteiger partial charge in [0.25, 0.3) is 0 Å². The molecule has 0 atom stereocenters. The van der Waals surface area contributed by atoms with E-state index in [1.165, 1.54) is 36.0 Å². The Bertz CT molecular complexity index is 760. The molecule has 2 heteroatoms. The van der Waals surface area contributed by atoms with E-state index in [1.54, 1.807) is 5.57 Å². The van der Waals surface area contributed by atoms with E-state index in [0.717, 1.165) is 5.57 Å². The highest BCUT2D eigenvalue weighted by Gasteiger charge is 2.26. The molecule has 1 saturated heterocycles. The molecule has 2 aliphatic rings. The number of rotatable bonds is 7. The van der Waals surface area contributed by atoms with E-state index < -0.39 is 0 Å². The normalized spacial score (nSPS) is 22.8. The molecule has 0 aromatic carbocycles. The van der Waals surface area contributed by atoms with Crippen molar-refractivity contribution in [3.8, 4) is 0 Å². The van der Waals surface area contributed by atoms with E-state index in [-0.39, 0.29) is 6.29 Å². The summed E-state index contributed by atoms with van der Waals surface area (Å²) in [5.74, 6) is 0. The van der Waals surface area contributed by atoms with E-state index in [4.69, 9.17) is 9.47 Å². The van der Waals surface area contributed by atoms with Crippen LogP contribution in [0.4, 0.5) is 0 Å². The molecule has 0 radical (unpaired) electrons. The lowest BCUT2D eigenvalue weighted by Crippen LogP contribution is -2.19. The van der Waals surface area contributed by atoms with Gasteiger partial charge in [0.2, 0.25) is 0 Å². The van der Waals surface area contributed by atoms with E-state index in [0.29, 0.717) is 18.6 Å². The van der Waals surface area contributed by atoms with E-state index in [9.17, 15) is 0 Å². The first-order valence-electron chi connectivity index (χ1n) is 10.8. The first-order chi connectivity index (χ1) is 13.8. The van der Waals surface area contributed by atoms with Crippen molar-refractivity contribution in [2.45, 2.75) is 67.1 Å².